The third kappa shape index (κ3) is 6.46. The van der Waals surface area contributed by atoms with Crippen molar-refractivity contribution in [2.24, 2.45) is 0 Å². The zero-order valence-electron chi connectivity index (χ0n) is 21.2. The van der Waals surface area contributed by atoms with Crippen LogP contribution in [0.25, 0.3) is 11.5 Å². The Balaban J connectivity index is 1.23. The van der Waals surface area contributed by atoms with Crippen LogP contribution in [0.4, 0.5) is 23.3 Å². The second-order valence-electron chi connectivity index (χ2n) is 9.10. The van der Waals surface area contributed by atoms with Gasteiger partial charge in [0.05, 0.1) is 5.75 Å². The van der Waals surface area contributed by atoms with Crippen LogP contribution in [0.1, 0.15) is 11.3 Å². The fourth-order valence-electron chi connectivity index (χ4n) is 4.02. The first-order valence-electron chi connectivity index (χ1n) is 12.2. The van der Waals surface area contributed by atoms with Crippen LogP contribution in [0.3, 0.4) is 0 Å². The van der Waals surface area contributed by atoms with Crippen LogP contribution in [0.15, 0.2) is 67.0 Å². The number of aromatic nitrogens is 5. The summed E-state index contributed by atoms with van der Waals surface area (Å²) < 4.78 is 27.2. The number of nitrogens with zero attached hydrogens (tertiary/aromatic N) is 7. The Morgan fingerprint density at radius 2 is 1.53 bits per heavy atom. The second kappa shape index (κ2) is 11.2. The van der Waals surface area contributed by atoms with Crippen molar-refractivity contribution in [3.05, 3.63) is 78.2 Å². The van der Waals surface area contributed by atoms with Crippen LogP contribution in [0, 0.1) is 6.92 Å². The topological polar surface area (TPSA) is 129 Å². The van der Waals surface area contributed by atoms with Gasteiger partial charge in [0.1, 0.15) is 17.3 Å². The number of anilines is 4. The van der Waals surface area contributed by atoms with Crippen molar-refractivity contribution in [1.29, 1.82) is 0 Å². The molecule has 0 unspecified atom stereocenters. The highest BCUT2D eigenvalue weighted by Crippen LogP contribution is 2.20. The summed E-state index contributed by atoms with van der Waals surface area (Å²) in [6, 6.07) is 16.5. The molecule has 2 N–H and O–H groups in total. The minimum Gasteiger partial charge on any atom is -0.325 e. The number of rotatable bonds is 8. The summed E-state index contributed by atoms with van der Waals surface area (Å²) in [4.78, 5) is 24.3. The van der Waals surface area contributed by atoms with Crippen LogP contribution in [-0.2, 0) is 15.8 Å². The van der Waals surface area contributed by atoms with Gasteiger partial charge in [-0.05, 0) is 55.9 Å². The smallest absolute Gasteiger partial charge is 0.229 e. The van der Waals surface area contributed by atoms with E-state index in [2.05, 4.69) is 40.5 Å². The minimum absolute atomic E-state index is 0.0219. The zero-order valence-corrected chi connectivity index (χ0v) is 22.1. The maximum Gasteiger partial charge on any atom is 0.229 e. The summed E-state index contributed by atoms with van der Waals surface area (Å²) >= 11 is 0. The molecule has 0 radical (unpaired) electrons. The van der Waals surface area contributed by atoms with Gasteiger partial charge >= 0.3 is 0 Å². The van der Waals surface area contributed by atoms with Crippen molar-refractivity contribution in [3.63, 3.8) is 0 Å². The van der Waals surface area contributed by atoms with E-state index in [-0.39, 0.29) is 5.75 Å². The molecule has 1 aromatic carbocycles. The van der Waals surface area contributed by atoms with E-state index in [1.54, 1.807) is 41.0 Å². The Bertz CT molecular complexity index is 1510. The molecule has 11 nitrogen and oxygen atoms in total. The van der Waals surface area contributed by atoms with Crippen LogP contribution < -0.4 is 10.6 Å². The molecule has 4 aromatic rings. The number of nitrogens with one attached hydrogen (secondary N) is 2. The Hall–Kier alpha value is -4.00. The minimum atomic E-state index is -3.35. The van der Waals surface area contributed by atoms with Crippen LogP contribution >= 0.6 is 0 Å². The molecule has 1 saturated heterocycles. The van der Waals surface area contributed by atoms with E-state index in [0.29, 0.717) is 42.2 Å². The number of hydrogen-bond acceptors (Lipinski definition) is 10. The summed E-state index contributed by atoms with van der Waals surface area (Å²) in [5.74, 6) is 2.02. The Kier molecular flexibility index (Phi) is 7.54. The van der Waals surface area contributed by atoms with E-state index in [0.717, 1.165) is 30.0 Å². The highest BCUT2D eigenvalue weighted by molar-refractivity contribution is 7.88. The molecule has 0 aliphatic carbocycles. The molecule has 1 fully saturated rings. The molecule has 1 aliphatic rings. The summed E-state index contributed by atoms with van der Waals surface area (Å²) in [6.45, 7) is 4.47. The average molecular weight is 532 g/mol. The molecule has 0 amide bonds. The summed E-state index contributed by atoms with van der Waals surface area (Å²) in [6.07, 6.45) is 3.30. The zero-order chi connectivity index (χ0) is 26.5. The van der Waals surface area contributed by atoms with Crippen molar-refractivity contribution in [2.45, 2.75) is 12.7 Å². The van der Waals surface area contributed by atoms with E-state index in [4.69, 9.17) is 0 Å². The molecular formula is C26H29N9O2S. The molecule has 0 spiro atoms. The molecule has 0 atom stereocenters. The van der Waals surface area contributed by atoms with Gasteiger partial charge in [-0.25, -0.2) is 28.4 Å². The maximum absolute atomic E-state index is 12.8. The monoisotopic (exact) mass is 531 g/mol. The molecule has 196 valence electrons. The Labute approximate surface area is 222 Å². The first-order valence-corrected chi connectivity index (χ1v) is 13.8. The number of sulfonamides is 1. The molecule has 5 rings (SSSR count). The number of pyridine rings is 1. The number of piperazine rings is 1. The quantitative estimate of drug-likeness (QED) is 0.350. The van der Waals surface area contributed by atoms with Crippen molar-refractivity contribution in [3.8, 4) is 11.5 Å². The molecule has 3 aromatic heterocycles. The normalized spacial score (nSPS) is 14.8. The number of aryl methyl sites for hydroxylation is 1. The molecule has 1 aliphatic heterocycles. The number of likely N-dealkylation sites (N-methyl/N-ethyl adjacent to an activating group) is 1. The first kappa shape index (κ1) is 25.6. The maximum atomic E-state index is 12.8. The van der Waals surface area contributed by atoms with Crippen molar-refractivity contribution in [2.75, 3.05) is 43.9 Å². The van der Waals surface area contributed by atoms with Crippen molar-refractivity contribution in [1.82, 2.24) is 34.1 Å². The van der Waals surface area contributed by atoms with Crippen LogP contribution in [0.5, 0.6) is 0 Å². The summed E-state index contributed by atoms with van der Waals surface area (Å²) in [5.41, 5.74) is 3.06. The third-order valence-electron chi connectivity index (χ3n) is 6.10. The van der Waals surface area contributed by atoms with E-state index in [1.807, 2.05) is 44.3 Å². The van der Waals surface area contributed by atoms with Gasteiger partial charge in [0.25, 0.3) is 0 Å². The molecule has 0 saturated carbocycles. The van der Waals surface area contributed by atoms with E-state index in [9.17, 15) is 8.42 Å². The van der Waals surface area contributed by atoms with Gasteiger partial charge in [-0.2, -0.15) is 9.29 Å². The highest BCUT2D eigenvalue weighted by Gasteiger charge is 2.25. The van der Waals surface area contributed by atoms with Gasteiger partial charge in [-0.15, -0.1) is 0 Å². The van der Waals surface area contributed by atoms with Gasteiger partial charge in [0, 0.05) is 50.0 Å². The molecule has 0 bridgehead atoms. The summed E-state index contributed by atoms with van der Waals surface area (Å²) in [5, 5.41) is 6.34. The van der Waals surface area contributed by atoms with Crippen molar-refractivity contribution < 1.29 is 8.42 Å². The highest BCUT2D eigenvalue weighted by atomic mass is 32.2. The van der Waals surface area contributed by atoms with Gasteiger partial charge < -0.3 is 15.5 Å². The van der Waals surface area contributed by atoms with E-state index < -0.39 is 10.0 Å². The van der Waals surface area contributed by atoms with Gasteiger partial charge in [-0.3, -0.25) is 0 Å². The predicted molar refractivity (Wildman–Crippen MR) is 147 cm³/mol. The lowest BCUT2D eigenvalue weighted by molar-refractivity contribution is 0.222. The lowest BCUT2D eigenvalue weighted by Gasteiger charge is -2.31. The fraction of sp³-hybridized carbons (Fsp3) is 0.269. The lowest BCUT2D eigenvalue weighted by Crippen LogP contribution is -2.47. The SMILES string of the molecule is Cc1cccc(-c2nccc(Nc3ccnc(Nc4ccc(CS(=O)(=O)N5CCN(C)CC5)cc4)n3)n2)n1. The molecule has 38 heavy (non-hydrogen) atoms. The molecule has 4 heterocycles. The fourth-order valence-corrected chi connectivity index (χ4v) is 5.54. The number of benzene rings is 1. The summed E-state index contributed by atoms with van der Waals surface area (Å²) in [7, 11) is -1.35. The van der Waals surface area contributed by atoms with Gasteiger partial charge in [0.15, 0.2) is 5.82 Å². The predicted octanol–water partition coefficient (Wildman–Crippen LogP) is 3.20. The van der Waals surface area contributed by atoms with E-state index >= 15 is 0 Å². The Morgan fingerprint density at radius 3 is 2.26 bits per heavy atom. The second-order valence-corrected chi connectivity index (χ2v) is 11.1. The average Bonchev–Trinajstić information content (AvgIpc) is 2.90. The lowest BCUT2D eigenvalue weighted by atomic mass is 10.2. The molecule has 12 heteroatoms. The third-order valence-corrected chi connectivity index (χ3v) is 7.95. The van der Waals surface area contributed by atoms with Gasteiger partial charge in [0.2, 0.25) is 16.0 Å². The van der Waals surface area contributed by atoms with Crippen molar-refractivity contribution >= 4 is 33.3 Å². The first-order chi connectivity index (χ1) is 18.3. The standard InChI is InChI=1S/C26H29N9O2S/c1-19-4-3-5-22(29-19)25-27-12-10-23(32-25)31-24-11-13-28-26(33-24)30-21-8-6-20(7-9-21)18-38(36,37)35-16-14-34(2)15-17-35/h3-13H,14-18H2,1-2H3,(H2,27,28,30,31,32,33). The van der Waals surface area contributed by atoms with Crippen LogP contribution in [-0.4, -0.2) is 75.8 Å². The van der Waals surface area contributed by atoms with Gasteiger partial charge in [-0.1, -0.05) is 18.2 Å². The van der Waals surface area contributed by atoms with Crippen LogP contribution in [0.2, 0.25) is 0 Å². The largest absolute Gasteiger partial charge is 0.325 e. The molecular weight excluding hydrogens is 502 g/mol. The Morgan fingerprint density at radius 1 is 0.816 bits per heavy atom. The number of hydrogen-bond donors (Lipinski definition) is 2. The van der Waals surface area contributed by atoms with E-state index in [1.165, 1.54) is 0 Å².